The van der Waals surface area contributed by atoms with Crippen molar-refractivity contribution in [2.24, 2.45) is 5.73 Å². The first-order valence-electron chi connectivity index (χ1n) is 12.9. The molecule has 2 heterocycles. The number of hydrogen-bond acceptors (Lipinski definition) is 10. The molecule has 3 aromatic rings. The molecule has 4 rings (SSSR count). The van der Waals surface area contributed by atoms with E-state index < -0.39 is 11.9 Å². The summed E-state index contributed by atoms with van der Waals surface area (Å²) in [6, 6.07) is 13.6. The number of morpholine rings is 1. The van der Waals surface area contributed by atoms with Crippen molar-refractivity contribution < 1.29 is 28.5 Å². The van der Waals surface area contributed by atoms with E-state index in [1.54, 1.807) is 62.9 Å². The molecule has 1 aliphatic heterocycles. The summed E-state index contributed by atoms with van der Waals surface area (Å²) < 4.78 is 21.3. The van der Waals surface area contributed by atoms with Crippen molar-refractivity contribution in [2.45, 2.75) is 6.42 Å². The van der Waals surface area contributed by atoms with Crippen molar-refractivity contribution >= 4 is 23.6 Å². The maximum absolute atomic E-state index is 12.7. The third-order valence-corrected chi connectivity index (χ3v) is 6.23. The van der Waals surface area contributed by atoms with Crippen LogP contribution in [-0.2, 0) is 14.3 Å². The molecule has 0 spiro atoms. The van der Waals surface area contributed by atoms with E-state index in [0.717, 1.165) is 44.8 Å². The van der Waals surface area contributed by atoms with Gasteiger partial charge in [0, 0.05) is 43.2 Å². The van der Waals surface area contributed by atoms with E-state index >= 15 is 0 Å². The average Bonchev–Trinajstić information content (AvgIpc) is 2.99. The topological polar surface area (TPSA) is 138 Å². The van der Waals surface area contributed by atoms with Crippen molar-refractivity contribution in [3.8, 4) is 22.8 Å². The van der Waals surface area contributed by atoms with Crippen molar-refractivity contribution in [1.82, 2.24) is 14.9 Å². The summed E-state index contributed by atoms with van der Waals surface area (Å²) in [7, 11) is 3.13. The fraction of sp³-hybridized carbons (Fsp3) is 0.310. The molecule has 0 saturated carbocycles. The lowest BCUT2D eigenvalue weighted by Crippen LogP contribution is -2.37. The fourth-order valence-electron chi connectivity index (χ4n) is 4.06. The van der Waals surface area contributed by atoms with Gasteiger partial charge in [-0.15, -0.1) is 0 Å². The number of methoxy groups -OCH3 is 2. The van der Waals surface area contributed by atoms with Gasteiger partial charge in [-0.25, -0.2) is 14.8 Å². The smallest absolute Gasteiger partial charge is 0.338 e. The molecule has 0 unspecified atom stereocenters. The minimum absolute atomic E-state index is 0.0757. The van der Waals surface area contributed by atoms with Crippen LogP contribution in [0, 0.1) is 0 Å². The van der Waals surface area contributed by atoms with Crippen LogP contribution in [-0.4, -0.2) is 80.4 Å². The maximum atomic E-state index is 12.7. The fourth-order valence-corrected chi connectivity index (χ4v) is 4.06. The van der Waals surface area contributed by atoms with Crippen molar-refractivity contribution in [1.29, 1.82) is 0 Å². The van der Waals surface area contributed by atoms with E-state index in [9.17, 15) is 9.59 Å². The molecule has 1 amide bonds. The Bertz CT molecular complexity index is 1340. The van der Waals surface area contributed by atoms with Crippen LogP contribution < -0.4 is 20.5 Å². The third kappa shape index (κ3) is 7.78. The van der Waals surface area contributed by atoms with Gasteiger partial charge in [0.05, 0.1) is 45.3 Å². The number of esters is 1. The Morgan fingerprint density at radius 2 is 1.80 bits per heavy atom. The number of anilines is 1. The van der Waals surface area contributed by atoms with E-state index in [0.29, 0.717) is 35.1 Å². The third-order valence-electron chi connectivity index (χ3n) is 6.23. The standard InChI is InChI=1S/C29H33N5O6/c1-37-25-9-6-21(18-26(25)38-2)24-10-11-31-27(33-24)19-23(30)28(35)32-22-7-4-20(5-8-22)29(36)40-15-3-12-34-13-16-39-17-14-34/h4-11,18-19H,3,12-17,30H2,1-2H3,(H,32,35)/b23-19-. The summed E-state index contributed by atoms with van der Waals surface area (Å²) in [5.41, 5.74) is 8.22. The maximum Gasteiger partial charge on any atom is 0.338 e. The highest BCUT2D eigenvalue weighted by Gasteiger charge is 2.13. The van der Waals surface area contributed by atoms with Crippen LogP contribution in [0.25, 0.3) is 17.3 Å². The number of aromatic nitrogens is 2. The molecule has 0 atom stereocenters. The molecule has 2 aromatic carbocycles. The van der Waals surface area contributed by atoms with Gasteiger partial charge in [-0.1, -0.05) is 0 Å². The normalized spacial score (nSPS) is 13.9. The molecule has 1 fully saturated rings. The lowest BCUT2D eigenvalue weighted by Gasteiger charge is -2.26. The number of rotatable bonds is 11. The Balaban J connectivity index is 1.31. The molecular weight excluding hydrogens is 514 g/mol. The van der Waals surface area contributed by atoms with Crippen LogP contribution in [0.5, 0.6) is 11.5 Å². The molecule has 11 nitrogen and oxygen atoms in total. The second-order valence-electron chi connectivity index (χ2n) is 8.94. The largest absolute Gasteiger partial charge is 0.493 e. The SMILES string of the molecule is COc1ccc(-c2ccnc(/C=C(\N)C(=O)Nc3ccc(C(=O)OCCCN4CCOCC4)cc3)n2)cc1OC. The van der Waals surface area contributed by atoms with Gasteiger partial charge in [-0.05, 0) is 55.0 Å². The van der Waals surface area contributed by atoms with Gasteiger partial charge in [0.25, 0.3) is 5.91 Å². The van der Waals surface area contributed by atoms with Gasteiger partial charge in [-0.2, -0.15) is 0 Å². The molecule has 3 N–H and O–H groups in total. The molecule has 0 aliphatic carbocycles. The number of nitrogens with two attached hydrogens (primary N) is 1. The van der Waals surface area contributed by atoms with Crippen molar-refractivity contribution in [3.63, 3.8) is 0 Å². The summed E-state index contributed by atoms with van der Waals surface area (Å²) >= 11 is 0. The van der Waals surface area contributed by atoms with Crippen molar-refractivity contribution in [3.05, 3.63) is 71.8 Å². The number of benzene rings is 2. The van der Waals surface area contributed by atoms with Gasteiger partial charge >= 0.3 is 5.97 Å². The minimum atomic E-state index is -0.529. The number of nitrogens with zero attached hydrogens (tertiary/aromatic N) is 3. The second-order valence-corrected chi connectivity index (χ2v) is 8.94. The number of hydrogen-bond donors (Lipinski definition) is 2. The molecule has 11 heteroatoms. The van der Waals surface area contributed by atoms with Crippen LogP contribution in [0.2, 0.25) is 0 Å². The molecule has 0 bridgehead atoms. The number of nitrogens with one attached hydrogen (secondary N) is 1. The zero-order valence-electron chi connectivity index (χ0n) is 22.6. The zero-order chi connectivity index (χ0) is 28.3. The van der Waals surface area contributed by atoms with Crippen LogP contribution in [0.1, 0.15) is 22.6 Å². The number of carbonyl (C=O) groups excluding carboxylic acids is 2. The summed E-state index contributed by atoms with van der Waals surface area (Å²) in [5.74, 6) is 0.499. The van der Waals surface area contributed by atoms with Crippen LogP contribution in [0.3, 0.4) is 0 Å². The Morgan fingerprint density at radius 1 is 1.05 bits per heavy atom. The highest BCUT2D eigenvalue weighted by Crippen LogP contribution is 2.31. The van der Waals surface area contributed by atoms with E-state index in [1.807, 2.05) is 6.07 Å². The molecule has 1 aromatic heterocycles. The first-order valence-corrected chi connectivity index (χ1v) is 12.9. The number of amides is 1. The van der Waals surface area contributed by atoms with E-state index in [4.69, 9.17) is 24.7 Å². The quantitative estimate of drug-likeness (QED) is 0.209. The van der Waals surface area contributed by atoms with Crippen LogP contribution in [0.4, 0.5) is 5.69 Å². The molecule has 40 heavy (non-hydrogen) atoms. The lowest BCUT2D eigenvalue weighted by molar-refractivity contribution is -0.112. The highest BCUT2D eigenvalue weighted by molar-refractivity contribution is 6.05. The summed E-state index contributed by atoms with van der Waals surface area (Å²) in [6.45, 7) is 4.49. The Hall–Kier alpha value is -4.48. The van der Waals surface area contributed by atoms with Gasteiger partial charge in [-0.3, -0.25) is 9.69 Å². The number of ether oxygens (including phenoxy) is 4. The first-order chi connectivity index (χ1) is 19.5. The van der Waals surface area contributed by atoms with Gasteiger partial charge in [0.2, 0.25) is 0 Å². The summed E-state index contributed by atoms with van der Waals surface area (Å²) in [5, 5.41) is 2.70. The van der Waals surface area contributed by atoms with E-state index in [-0.39, 0.29) is 11.5 Å². The predicted octanol–water partition coefficient (Wildman–Crippen LogP) is 2.98. The Labute approximate surface area is 232 Å². The summed E-state index contributed by atoms with van der Waals surface area (Å²) in [6.07, 6.45) is 3.73. The van der Waals surface area contributed by atoms with Crippen LogP contribution in [0.15, 0.2) is 60.4 Å². The van der Waals surface area contributed by atoms with Gasteiger partial charge in [0.1, 0.15) is 5.70 Å². The van der Waals surface area contributed by atoms with Gasteiger partial charge < -0.3 is 30.0 Å². The molecule has 0 radical (unpaired) electrons. The first kappa shape index (κ1) is 28.5. The Morgan fingerprint density at radius 3 is 2.52 bits per heavy atom. The molecule has 1 saturated heterocycles. The predicted molar refractivity (Wildman–Crippen MR) is 150 cm³/mol. The Kier molecular flexibility index (Phi) is 10.0. The van der Waals surface area contributed by atoms with Crippen LogP contribution >= 0.6 is 0 Å². The minimum Gasteiger partial charge on any atom is -0.493 e. The average molecular weight is 548 g/mol. The van der Waals surface area contributed by atoms with Gasteiger partial charge in [0.15, 0.2) is 17.3 Å². The second kappa shape index (κ2) is 14.1. The highest BCUT2D eigenvalue weighted by atomic mass is 16.5. The summed E-state index contributed by atoms with van der Waals surface area (Å²) in [4.78, 5) is 36.0. The van der Waals surface area contributed by atoms with E-state index in [2.05, 4.69) is 20.2 Å². The monoisotopic (exact) mass is 547 g/mol. The van der Waals surface area contributed by atoms with Crippen molar-refractivity contribution in [2.75, 3.05) is 59.0 Å². The lowest BCUT2D eigenvalue weighted by atomic mass is 10.1. The molecule has 1 aliphatic rings. The number of carbonyl (C=O) groups is 2. The molecular formula is C29H33N5O6. The molecule has 210 valence electrons. The zero-order valence-corrected chi connectivity index (χ0v) is 22.6. The van der Waals surface area contributed by atoms with E-state index in [1.165, 1.54) is 6.08 Å².